The first-order valence-electron chi connectivity index (χ1n) is 8.83. The molecular formula is C20H23NO4. The summed E-state index contributed by atoms with van der Waals surface area (Å²) in [6.07, 6.45) is 3.51. The lowest BCUT2D eigenvalue weighted by Crippen LogP contribution is -2.40. The lowest BCUT2D eigenvalue weighted by atomic mass is 9.77. The van der Waals surface area contributed by atoms with E-state index in [4.69, 9.17) is 9.47 Å². The van der Waals surface area contributed by atoms with E-state index in [1.165, 1.54) is 0 Å². The van der Waals surface area contributed by atoms with Gasteiger partial charge in [0, 0.05) is 5.69 Å². The molecule has 3 aliphatic heterocycles. The second kappa shape index (κ2) is 5.70. The second-order valence-electron chi connectivity index (χ2n) is 7.68. The average molecular weight is 341 g/mol. The molecule has 0 radical (unpaired) electrons. The Hall–Kier alpha value is -2.14. The summed E-state index contributed by atoms with van der Waals surface area (Å²) in [5, 5.41) is 0. The van der Waals surface area contributed by atoms with Gasteiger partial charge in [-0.1, -0.05) is 43.7 Å². The molecule has 5 nitrogen and oxygen atoms in total. The first kappa shape index (κ1) is 16.3. The Bertz CT molecular complexity index is 739. The quantitative estimate of drug-likeness (QED) is 0.624. The van der Waals surface area contributed by atoms with Crippen LogP contribution in [0.3, 0.4) is 0 Å². The standard InChI is InChI=1S/C20H23NO4/c1-12(2)10-24-19(23)16-15-8-9-20(25-15)11-21(18(22)17(16)20)14-6-4-13(3)5-7-14/h4-9,12,15-17H,10-11H2,1-3H3/t15-,16-,17+,20-/m1/s1. The zero-order valence-corrected chi connectivity index (χ0v) is 14.8. The Morgan fingerprint density at radius 1 is 1.36 bits per heavy atom. The minimum absolute atomic E-state index is 0.0535. The highest BCUT2D eigenvalue weighted by Crippen LogP contribution is 2.52. The van der Waals surface area contributed by atoms with Gasteiger partial charge in [0.25, 0.3) is 0 Å². The largest absolute Gasteiger partial charge is 0.465 e. The van der Waals surface area contributed by atoms with Crippen molar-refractivity contribution in [1.29, 1.82) is 0 Å². The summed E-state index contributed by atoms with van der Waals surface area (Å²) in [6, 6.07) is 7.84. The minimum atomic E-state index is -0.700. The van der Waals surface area contributed by atoms with Crippen LogP contribution >= 0.6 is 0 Å². The van der Waals surface area contributed by atoms with Gasteiger partial charge in [-0.3, -0.25) is 9.59 Å². The number of benzene rings is 1. The lowest BCUT2D eigenvalue weighted by molar-refractivity contribution is -0.153. The molecule has 4 atom stereocenters. The third-order valence-electron chi connectivity index (χ3n) is 5.28. The maximum Gasteiger partial charge on any atom is 0.312 e. The molecule has 4 rings (SSSR count). The number of aryl methyl sites for hydroxylation is 1. The monoisotopic (exact) mass is 341 g/mol. The summed E-state index contributed by atoms with van der Waals surface area (Å²) in [4.78, 5) is 27.5. The fourth-order valence-corrected chi connectivity index (χ4v) is 4.06. The van der Waals surface area contributed by atoms with Crippen molar-refractivity contribution in [3.63, 3.8) is 0 Å². The van der Waals surface area contributed by atoms with Crippen LogP contribution in [0, 0.1) is 24.7 Å². The number of carbonyl (C=O) groups is 2. The maximum absolute atomic E-state index is 13.1. The molecule has 3 heterocycles. The predicted octanol–water partition coefficient (Wildman–Crippen LogP) is 2.48. The number of nitrogens with zero attached hydrogens (tertiary/aromatic N) is 1. The summed E-state index contributed by atoms with van der Waals surface area (Å²) < 4.78 is 11.5. The number of amides is 1. The van der Waals surface area contributed by atoms with Gasteiger partial charge in [0.2, 0.25) is 5.91 Å². The van der Waals surface area contributed by atoms with Crippen molar-refractivity contribution in [1.82, 2.24) is 0 Å². The summed E-state index contributed by atoms with van der Waals surface area (Å²) in [5.41, 5.74) is 1.28. The van der Waals surface area contributed by atoms with E-state index in [-0.39, 0.29) is 23.9 Å². The third kappa shape index (κ3) is 2.49. The third-order valence-corrected chi connectivity index (χ3v) is 5.28. The predicted molar refractivity (Wildman–Crippen MR) is 93.1 cm³/mol. The van der Waals surface area contributed by atoms with Gasteiger partial charge >= 0.3 is 5.97 Å². The topological polar surface area (TPSA) is 55.8 Å². The molecule has 5 heteroatoms. The molecule has 0 N–H and O–H groups in total. The van der Waals surface area contributed by atoms with Crippen molar-refractivity contribution in [2.45, 2.75) is 32.5 Å². The molecule has 0 aromatic heterocycles. The molecule has 0 unspecified atom stereocenters. The van der Waals surface area contributed by atoms with E-state index >= 15 is 0 Å². The van der Waals surface area contributed by atoms with Crippen LogP contribution in [0.25, 0.3) is 0 Å². The number of fused-ring (bicyclic) bond motifs is 1. The van der Waals surface area contributed by atoms with Crippen LogP contribution in [0.4, 0.5) is 5.69 Å². The number of ether oxygens (including phenoxy) is 2. The van der Waals surface area contributed by atoms with E-state index in [0.717, 1.165) is 11.3 Å². The van der Waals surface area contributed by atoms with Crippen LogP contribution in [0.15, 0.2) is 36.4 Å². The van der Waals surface area contributed by atoms with E-state index in [1.807, 2.05) is 57.2 Å². The normalized spacial score (nSPS) is 32.6. The molecular weight excluding hydrogens is 318 g/mol. The van der Waals surface area contributed by atoms with Crippen LogP contribution < -0.4 is 4.90 Å². The van der Waals surface area contributed by atoms with E-state index < -0.39 is 17.4 Å². The van der Waals surface area contributed by atoms with Crippen LogP contribution in [-0.4, -0.2) is 36.7 Å². The lowest BCUT2D eigenvalue weighted by Gasteiger charge is -2.23. The molecule has 25 heavy (non-hydrogen) atoms. The molecule has 3 aliphatic rings. The van der Waals surface area contributed by atoms with Gasteiger partial charge < -0.3 is 14.4 Å². The highest BCUT2D eigenvalue weighted by Gasteiger charge is 2.67. The Morgan fingerprint density at radius 2 is 2.08 bits per heavy atom. The Labute approximate surface area is 147 Å². The van der Waals surface area contributed by atoms with Gasteiger partial charge in [0.15, 0.2) is 0 Å². The summed E-state index contributed by atoms with van der Waals surface area (Å²) >= 11 is 0. The van der Waals surface area contributed by atoms with E-state index in [1.54, 1.807) is 4.90 Å². The molecule has 0 saturated carbocycles. The van der Waals surface area contributed by atoms with Crippen molar-refractivity contribution < 1.29 is 19.1 Å². The molecule has 1 amide bonds. The van der Waals surface area contributed by atoms with Gasteiger partial charge in [-0.25, -0.2) is 0 Å². The number of rotatable bonds is 4. The maximum atomic E-state index is 13.1. The van der Waals surface area contributed by atoms with Crippen molar-refractivity contribution in [3.8, 4) is 0 Å². The van der Waals surface area contributed by atoms with E-state index in [2.05, 4.69) is 0 Å². The summed E-state index contributed by atoms with van der Waals surface area (Å²) in [7, 11) is 0. The fourth-order valence-electron chi connectivity index (χ4n) is 4.06. The number of carbonyl (C=O) groups excluding carboxylic acids is 2. The highest BCUT2D eigenvalue weighted by atomic mass is 16.6. The Morgan fingerprint density at radius 3 is 2.76 bits per heavy atom. The van der Waals surface area contributed by atoms with E-state index in [9.17, 15) is 9.59 Å². The summed E-state index contributed by atoms with van der Waals surface area (Å²) in [5.74, 6) is -1.16. The SMILES string of the molecule is Cc1ccc(N2C[C@@]34C=C[C@@H](O3)[C@@H](C(=O)OCC(C)C)[C@H]4C2=O)cc1. The fraction of sp³-hybridized carbons (Fsp3) is 0.500. The van der Waals surface area contributed by atoms with Crippen LogP contribution in [0.1, 0.15) is 19.4 Å². The van der Waals surface area contributed by atoms with Crippen molar-refractivity contribution in [2.24, 2.45) is 17.8 Å². The first-order valence-corrected chi connectivity index (χ1v) is 8.83. The zero-order chi connectivity index (χ0) is 17.8. The molecule has 132 valence electrons. The van der Waals surface area contributed by atoms with Gasteiger partial charge in [0.05, 0.1) is 25.2 Å². The molecule has 1 aromatic rings. The van der Waals surface area contributed by atoms with Gasteiger partial charge in [-0.2, -0.15) is 0 Å². The van der Waals surface area contributed by atoms with Gasteiger partial charge in [-0.15, -0.1) is 0 Å². The number of hydrogen-bond donors (Lipinski definition) is 0. The van der Waals surface area contributed by atoms with Crippen LogP contribution in [0.5, 0.6) is 0 Å². The molecule has 0 aliphatic carbocycles. The Kier molecular flexibility index (Phi) is 3.72. The van der Waals surface area contributed by atoms with Crippen LogP contribution in [-0.2, 0) is 19.1 Å². The van der Waals surface area contributed by atoms with Crippen molar-refractivity contribution in [3.05, 3.63) is 42.0 Å². The Balaban J connectivity index is 1.61. The highest BCUT2D eigenvalue weighted by molar-refractivity contribution is 6.02. The number of hydrogen-bond acceptors (Lipinski definition) is 4. The van der Waals surface area contributed by atoms with E-state index in [0.29, 0.717) is 13.2 Å². The van der Waals surface area contributed by atoms with Gasteiger partial charge in [-0.05, 0) is 25.0 Å². The van der Waals surface area contributed by atoms with Crippen LogP contribution in [0.2, 0.25) is 0 Å². The van der Waals surface area contributed by atoms with Crippen molar-refractivity contribution >= 4 is 17.6 Å². The molecule has 2 bridgehead atoms. The minimum Gasteiger partial charge on any atom is -0.465 e. The second-order valence-corrected chi connectivity index (χ2v) is 7.68. The first-order chi connectivity index (χ1) is 11.9. The average Bonchev–Trinajstić information content (AvgIpc) is 3.22. The molecule has 2 saturated heterocycles. The number of esters is 1. The molecule has 1 spiro atoms. The smallest absolute Gasteiger partial charge is 0.312 e. The number of anilines is 1. The van der Waals surface area contributed by atoms with Crippen molar-refractivity contribution in [2.75, 3.05) is 18.1 Å². The zero-order valence-electron chi connectivity index (χ0n) is 14.8. The molecule has 1 aromatic carbocycles. The summed E-state index contributed by atoms with van der Waals surface area (Å²) in [6.45, 7) is 6.80. The van der Waals surface area contributed by atoms with Gasteiger partial charge in [0.1, 0.15) is 11.5 Å². The molecule has 2 fully saturated rings.